The van der Waals surface area contributed by atoms with Crippen LogP contribution >= 0.6 is 22.9 Å². The Balaban J connectivity index is 1.97. The topological polar surface area (TPSA) is 49.3 Å². The van der Waals surface area contributed by atoms with Gasteiger partial charge in [-0.2, -0.15) is 0 Å². The summed E-state index contributed by atoms with van der Waals surface area (Å²) in [6, 6.07) is 11.0. The molecule has 3 rings (SSSR count). The monoisotopic (exact) mass is 331 g/mol. The van der Waals surface area contributed by atoms with Crippen LogP contribution in [-0.4, -0.2) is 11.0 Å². The van der Waals surface area contributed by atoms with Gasteiger partial charge in [0.1, 0.15) is 10.6 Å². The highest BCUT2D eigenvalue weighted by Gasteiger charge is 2.18. The van der Waals surface area contributed by atoms with Gasteiger partial charge in [-0.1, -0.05) is 29.8 Å². The molecule has 0 saturated heterocycles. The van der Waals surface area contributed by atoms with E-state index >= 15 is 0 Å². The average molecular weight is 332 g/mol. The highest BCUT2D eigenvalue weighted by molar-refractivity contribution is 7.21. The number of nitrogens with one attached hydrogen (secondary N) is 1. The number of thiophene rings is 1. The standard InChI is InChI=1S/C17H14ClNO2S/c1-9-7-12(13(20)8-10(9)2)19-17(21)16-15(18)11-5-3-4-6-14(11)22-16/h3-8,20H,1-2H3,(H,19,21). The van der Waals surface area contributed by atoms with Gasteiger partial charge in [0, 0.05) is 10.1 Å². The molecule has 0 spiro atoms. The van der Waals surface area contributed by atoms with Crippen molar-refractivity contribution in [2.75, 3.05) is 5.32 Å². The van der Waals surface area contributed by atoms with Crippen LogP contribution in [0, 0.1) is 13.8 Å². The lowest BCUT2D eigenvalue weighted by atomic mass is 10.1. The van der Waals surface area contributed by atoms with Crippen LogP contribution in [0.1, 0.15) is 20.8 Å². The van der Waals surface area contributed by atoms with Crippen molar-refractivity contribution in [3.63, 3.8) is 0 Å². The fourth-order valence-electron chi connectivity index (χ4n) is 2.24. The molecule has 0 fully saturated rings. The smallest absolute Gasteiger partial charge is 0.267 e. The number of phenolic OH excluding ortho intramolecular Hbond substituents is 1. The molecule has 2 aromatic carbocycles. The molecule has 2 N–H and O–H groups in total. The Bertz CT molecular complexity index is 886. The van der Waals surface area contributed by atoms with Gasteiger partial charge < -0.3 is 10.4 Å². The molecular weight excluding hydrogens is 318 g/mol. The molecule has 3 aromatic rings. The van der Waals surface area contributed by atoms with E-state index in [1.807, 2.05) is 38.1 Å². The Morgan fingerprint density at radius 2 is 1.86 bits per heavy atom. The van der Waals surface area contributed by atoms with Gasteiger partial charge in [-0.15, -0.1) is 11.3 Å². The quantitative estimate of drug-likeness (QED) is 0.639. The zero-order chi connectivity index (χ0) is 15.9. The van der Waals surface area contributed by atoms with Crippen LogP contribution in [0.25, 0.3) is 10.1 Å². The summed E-state index contributed by atoms with van der Waals surface area (Å²) in [5.74, 6) is -0.265. The molecular formula is C17H14ClNO2S. The van der Waals surface area contributed by atoms with E-state index in [1.165, 1.54) is 11.3 Å². The number of carbonyl (C=O) groups is 1. The fourth-order valence-corrected chi connectivity index (χ4v) is 3.65. The van der Waals surface area contributed by atoms with Gasteiger partial charge >= 0.3 is 0 Å². The normalized spacial score (nSPS) is 10.9. The Kier molecular flexibility index (Phi) is 3.81. The SMILES string of the molecule is Cc1cc(O)c(NC(=O)c2sc3ccccc3c2Cl)cc1C. The molecule has 5 heteroatoms. The van der Waals surface area contributed by atoms with Crippen LogP contribution in [0.5, 0.6) is 5.75 Å². The lowest BCUT2D eigenvalue weighted by Gasteiger charge is -2.09. The Labute approximate surface area is 137 Å². The lowest BCUT2D eigenvalue weighted by Crippen LogP contribution is -2.11. The van der Waals surface area contributed by atoms with E-state index in [9.17, 15) is 9.90 Å². The van der Waals surface area contributed by atoms with E-state index in [1.54, 1.807) is 12.1 Å². The Morgan fingerprint density at radius 3 is 2.59 bits per heavy atom. The molecule has 0 radical (unpaired) electrons. The molecule has 0 aliphatic rings. The van der Waals surface area contributed by atoms with E-state index in [0.29, 0.717) is 15.6 Å². The molecule has 1 amide bonds. The number of anilines is 1. The van der Waals surface area contributed by atoms with Crippen molar-refractivity contribution in [2.45, 2.75) is 13.8 Å². The largest absolute Gasteiger partial charge is 0.506 e. The summed E-state index contributed by atoms with van der Waals surface area (Å²) in [5.41, 5.74) is 2.35. The predicted molar refractivity (Wildman–Crippen MR) is 92.4 cm³/mol. The molecule has 3 nitrogen and oxygen atoms in total. The van der Waals surface area contributed by atoms with Crippen LogP contribution < -0.4 is 5.32 Å². The van der Waals surface area contributed by atoms with Gasteiger partial charge in [0.2, 0.25) is 0 Å². The lowest BCUT2D eigenvalue weighted by molar-refractivity contribution is 0.103. The predicted octanol–water partition coefficient (Wildman–Crippen LogP) is 5.13. The summed E-state index contributed by atoms with van der Waals surface area (Å²) in [5, 5.41) is 14.0. The van der Waals surface area contributed by atoms with Crippen molar-refractivity contribution in [1.82, 2.24) is 0 Å². The molecule has 0 aliphatic carbocycles. The fraction of sp³-hybridized carbons (Fsp3) is 0.118. The van der Waals surface area contributed by atoms with Crippen LogP contribution in [0.3, 0.4) is 0 Å². The van der Waals surface area contributed by atoms with Gasteiger partial charge in [0.25, 0.3) is 5.91 Å². The van der Waals surface area contributed by atoms with E-state index < -0.39 is 0 Å². The summed E-state index contributed by atoms with van der Waals surface area (Å²) in [4.78, 5) is 12.9. The molecule has 0 unspecified atom stereocenters. The van der Waals surface area contributed by atoms with Crippen molar-refractivity contribution < 1.29 is 9.90 Å². The molecule has 1 aromatic heterocycles. The minimum absolute atomic E-state index is 0.0497. The highest BCUT2D eigenvalue weighted by atomic mass is 35.5. The maximum atomic E-state index is 12.5. The van der Waals surface area contributed by atoms with Gasteiger partial charge in [0.05, 0.1) is 10.7 Å². The van der Waals surface area contributed by atoms with Crippen molar-refractivity contribution in [2.24, 2.45) is 0 Å². The Hall–Kier alpha value is -2.04. The first-order chi connectivity index (χ1) is 10.5. The summed E-state index contributed by atoms with van der Waals surface area (Å²) >= 11 is 7.64. The van der Waals surface area contributed by atoms with Crippen LogP contribution in [0.4, 0.5) is 5.69 Å². The first kappa shape index (κ1) is 14.9. The van der Waals surface area contributed by atoms with E-state index in [2.05, 4.69) is 5.32 Å². The number of hydrogen-bond donors (Lipinski definition) is 2. The third-order valence-electron chi connectivity index (χ3n) is 3.60. The van der Waals surface area contributed by atoms with Gasteiger partial charge in [-0.25, -0.2) is 0 Å². The van der Waals surface area contributed by atoms with E-state index in [-0.39, 0.29) is 11.7 Å². The third kappa shape index (κ3) is 2.56. The van der Waals surface area contributed by atoms with Gasteiger partial charge in [-0.05, 0) is 43.2 Å². The van der Waals surface area contributed by atoms with Crippen LogP contribution in [0.2, 0.25) is 5.02 Å². The van der Waals surface area contributed by atoms with Crippen LogP contribution in [0.15, 0.2) is 36.4 Å². The summed E-state index contributed by atoms with van der Waals surface area (Å²) in [6.07, 6.45) is 0. The maximum absolute atomic E-state index is 12.5. The van der Waals surface area contributed by atoms with Crippen LogP contribution in [-0.2, 0) is 0 Å². The number of hydrogen-bond acceptors (Lipinski definition) is 3. The first-order valence-corrected chi connectivity index (χ1v) is 7.95. The molecule has 0 saturated carbocycles. The number of benzene rings is 2. The average Bonchev–Trinajstić information content (AvgIpc) is 2.82. The maximum Gasteiger partial charge on any atom is 0.267 e. The number of aryl methyl sites for hydroxylation is 2. The van der Waals surface area contributed by atoms with Crippen molar-refractivity contribution in [3.8, 4) is 5.75 Å². The number of rotatable bonds is 2. The van der Waals surface area contributed by atoms with Crippen molar-refractivity contribution in [1.29, 1.82) is 0 Å². The first-order valence-electron chi connectivity index (χ1n) is 6.76. The number of aromatic hydroxyl groups is 1. The third-order valence-corrected chi connectivity index (χ3v) is 5.28. The molecule has 0 bridgehead atoms. The molecule has 0 atom stereocenters. The molecule has 1 heterocycles. The number of fused-ring (bicyclic) bond motifs is 1. The molecule has 112 valence electrons. The summed E-state index contributed by atoms with van der Waals surface area (Å²) < 4.78 is 0.960. The summed E-state index contributed by atoms with van der Waals surface area (Å²) in [7, 11) is 0. The second kappa shape index (κ2) is 5.63. The number of amides is 1. The number of carbonyl (C=O) groups excluding carboxylic acids is 1. The second-order valence-electron chi connectivity index (χ2n) is 5.15. The minimum atomic E-state index is -0.315. The Morgan fingerprint density at radius 1 is 1.18 bits per heavy atom. The van der Waals surface area contributed by atoms with E-state index in [0.717, 1.165) is 21.2 Å². The highest BCUT2D eigenvalue weighted by Crippen LogP contribution is 2.36. The molecule has 0 aliphatic heterocycles. The zero-order valence-electron chi connectivity index (χ0n) is 12.1. The van der Waals surface area contributed by atoms with E-state index in [4.69, 9.17) is 11.6 Å². The van der Waals surface area contributed by atoms with Crippen molar-refractivity contribution >= 4 is 44.6 Å². The number of phenols is 1. The molecule has 22 heavy (non-hydrogen) atoms. The minimum Gasteiger partial charge on any atom is -0.506 e. The zero-order valence-corrected chi connectivity index (χ0v) is 13.7. The van der Waals surface area contributed by atoms with Crippen molar-refractivity contribution in [3.05, 3.63) is 57.4 Å². The number of halogens is 1. The van der Waals surface area contributed by atoms with Gasteiger partial charge in [0.15, 0.2) is 0 Å². The summed E-state index contributed by atoms with van der Waals surface area (Å²) in [6.45, 7) is 3.83. The second-order valence-corrected chi connectivity index (χ2v) is 6.58. The van der Waals surface area contributed by atoms with Gasteiger partial charge in [-0.3, -0.25) is 4.79 Å².